The topological polar surface area (TPSA) is 31.9 Å². The molecule has 0 saturated carbocycles. The van der Waals surface area contributed by atoms with Gasteiger partial charge in [-0.2, -0.15) is 0 Å². The normalized spacial score (nSPS) is 22.4. The second-order valence-corrected chi connectivity index (χ2v) is 3.31. The van der Waals surface area contributed by atoms with E-state index in [1.54, 1.807) is 0 Å². The molecule has 2 heterocycles. The van der Waals surface area contributed by atoms with Gasteiger partial charge in [0.2, 0.25) is 0 Å². The maximum absolute atomic E-state index is 4.55. The Morgan fingerprint density at radius 1 is 1.54 bits per heavy atom. The van der Waals surface area contributed by atoms with Crippen LogP contribution in [0.5, 0.6) is 0 Å². The Hall–Kier alpha value is -0.207. The van der Waals surface area contributed by atoms with E-state index in [1.807, 2.05) is 19.4 Å². The number of nitrogens with zero attached hydrogens (tertiary/aromatic N) is 3. The van der Waals surface area contributed by atoms with Crippen molar-refractivity contribution in [1.29, 1.82) is 0 Å². The van der Waals surface area contributed by atoms with Gasteiger partial charge in [0.05, 0.1) is 5.82 Å². The van der Waals surface area contributed by atoms with Gasteiger partial charge in [0.1, 0.15) is 0 Å². The van der Waals surface area contributed by atoms with Gasteiger partial charge in [-0.1, -0.05) is 25.3 Å². The van der Waals surface area contributed by atoms with Gasteiger partial charge in [-0.3, -0.25) is 0 Å². The molecule has 4 heteroatoms. The first-order valence-corrected chi connectivity index (χ1v) is 4.52. The number of piperidine rings is 1. The minimum absolute atomic E-state index is 0. The fraction of sp³-hybridized carbons (Fsp3) is 0.667. The third-order valence-corrected chi connectivity index (χ3v) is 2.39. The van der Waals surface area contributed by atoms with E-state index >= 15 is 0 Å². The molecule has 0 N–H and O–H groups in total. The fourth-order valence-electron chi connectivity index (χ4n) is 1.70. The standard InChI is InChI=1S/C9H14N3.Ru/c1-12-7-6-11-9(12)8-4-2-3-5-10-8;/h6-8H,2-5H2,1H3;/q-1;+1. The van der Waals surface area contributed by atoms with E-state index in [0.29, 0.717) is 6.04 Å². The Bertz CT molecular complexity index is 253. The van der Waals surface area contributed by atoms with E-state index in [4.69, 9.17) is 0 Å². The predicted octanol–water partition coefficient (Wildman–Crippen LogP) is 2.02. The quantitative estimate of drug-likeness (QED) is 0.715. The van der Waals surface area contributed by atoms with E-state index in [1.165, 1.54) is 19.3 Å². The zero-order chi connectivity index (χ0) is 8.39. The van der Waals surface area contributed by atoms with Crippen molar-refractivity contribution >= 4 is 0 Å². The minimum atomic E-state index is 0. The van der Waals surface area contributed by atoms with Crippen LogP contribution in [0.3, 0.4) is 0 Å². The summed E-state index contributed by atoms with van der Waals surface area (Å²) in [6.45, 7) is 1.01. The van der Waals surface area contributed by atoms with Crippen LogP contribution in [0.25, 0.3) is 5.32 Å². The first kappa shape index (κ1) is 10.9. The molecular formula is C9H14N3Ru. The van der Waals surface area contributed by atoms with Crippen molar-refractivity contribution < 1.29 is 19.5 Å². The molecule has 0 bridgehead atoms. The number of imidazole rings is 1. The summed E-state index contributed by atoms with van der Waals surface area (Å²) in [7, 11) is 2.03. The maximum Gasteiger partial charge on any atom is 1.00 e. The molecule has 1 aromatic rings. The van der Waals surface area contributed by atoms with Crippen LogP contribution in [0, 0.1) is 0 Å². The number of hydrogen-bond acceptors (Lipinski definition) is 1. The van der Waals surface area contributed by atoms with E-state index < -0.39 is 0 Å². The van der Waals surface area contributed by atoms with Gasteiger partial charge in [-0.15, -0.1) is 6.54 Å². The smallest absolute Gasteiger partial charge is 0.653 e. The zero-order valence-corrected chi connectivity index (χ0v) is 9.49. The van der Waals surface area contributed by atoms with Crippen LogP contribution in [0.15, 0.2) is 12.4 Å². The predicted molar refractivity (Wildman–Crippen MR) is 48.0 cm³/mol. The molecule has 1 atom stereocenters. The summed E-state index contributed by atoms with van der Waals surface area (Å²) >= 11 is 0. The monoisotopic (exact) mass is 266 g/mol. The number of aryl methyl sites for hydroxylation is 1. The summed E-state index contributed by atoms with van der Waals surface area (Å²) in [5.74, 6) is 1.12. The second kappa shape index (κ2) is 4.87. The van der Waals surface area contributed by atoms with Crippen LogP contribution in [-0.2, 0) is 26.5 Å². The summed E-state index contributed by atoms with van der Waals surface area (Å²) < 4.78 is 2.07. The van der Waals surface area contributed by atoms with E-state index in [9.17, 15) is 0 Å². The Balaban J connectivity index is 0.000000845. The average molecular weight is 265 g/mol. The number of rotatable bonds is 1. The molecule has 1 aliphatic rings. The third-order valence-electron chi connectivity index (χ3n) is 2.39. The molecule has 2 rings (SSSR count). The van der Waals surface area contributed by atoms with Crippen LogP contribution in [0.4, 0.5) is 0 Å². The van der Waals surface area contributed by atoms with Crippen LogP contribution >= 0.6 is 0 Å². The van der Waals surface area contributed by atoms with Crippen molar-refractivity contribution in [1.82, 2.24) is 9.55 Å². The molecule has 1 fully saturated rings. The summed E-state index contributed by atoms with van der Waals surface area (Å²) in [6.07, 6.45) is 7.55. The van der Waals surface area contributed by atoms with Crippen LogP contribution in [0.2, 0.25) is 0 Å². The van der Waals surface area contributed by atoms with Crippen LogP contribution < -0.4 is 0 Å². The van der Waals surface area contributed by atoms with Crippen LogP contribution in [-0.4, -0.2) is 16.1 Å². The molecular weight excluding hydrogens is 251 g/mol. The Morgan fingerprint density at radius 2 is 2.38 bits per heavy atom. The molecule has 1 radical (unpaired) electrons. The van der Waals surface area contributed by atoms with Gasteiger partial charge >= 0.3 is 19.5 Å². The van der Waals surface area contributed by atoms with E-state index in [0.717, 1.165) is 12.4 Å². The van der Waals surface area contributed by atoms with Crippen molar-refractivity contribution in [3.05, 3.63) is 23.5 Å². The summed E-state index contributed by atoms with van der Waals surface area (Å²) in [6, 6.07) is 0.360. The zero-order valence-electron chi connectivity index (χ0n) is 7.76. The molecule has 1 aliphatic heterocycles. The van der Waals surface area contributed by atoms with Gasteiger partial charge in [-0.05, 0) is 0 Å². The first-order valence-electron chi connectivity index (χ1n) is 4.52. The van der Waals surface area contributed by atoms with Gasteiger partial charge in [0, 0.05) is 19.4 Å². The third kappa shape index (κ3) is 2.38. The molecule has 0 spiro atoms. The Morgan fingerprint density at radius 3 is 2.92 bits per heavy atom. The molecule has 73 valence electrons. The maximum atomic E-state index is 4.55. The van der Waals surface area contributed by atoms with Gasteiger partial charge in [0.15, 0.2) is 0 Å². The molecule has 3 nitrogen and oxygen atoms in total. The van der Waals surface area contributed by atoms with Gasteiger partial charge < -0.3 is 9.88 Å². The molecule has 1 aromatic heterocycles. The van der Waals surface area contributed by atoms with E-state index in [-0.39, 0.29) is 19.5 Å². The first-order chi connectivity index (χ1) is 5.88. The Kier molecular flexibility index (Phi) is 4.07. The molecule has 13 heavy (non-hydrogen) atoms. The van der Waals surface area contributed by atoms with Crippen molar-refractivity contribution in [2.75, 3.05) is 6.54 Å². The van der Waals surface area contributed by atoms with Crippen LogP contribution in [0.1, 0.15) is 31.1 Å². The Labute approximate surface area is 91.7 Å². The number of aromatic nitrogens is 2. The summed E-state index contributed by atoms with van der Waals surface area (Å²) in [5, 5.41) is 4.55. The average Bonchev–Trinajstić information content (AvgIpc) is 2.53. The molecule has 1 unspecified atom stereocenters. The van der Waals surface area contributed by atoms with Gasteiger partial charge in [-0.25, -0.2) is 4.98 Å². The minimum Gasteiger partial charge on any atom is -0.653 e. The van der Waals surface area contributed by atoms with E-state index in [2.05, 4.69) is 14.9 Å². The summed E-state index contributed by atoms with van der Waals surface area (Å²) in [5.41, 5.74) is 0. The summed E-state index contributed by atoms with van der Waals surface area (Å²) in [4.78, 5) is 4.31. The van der Waals surface area contributed by atoms with Gasteiger partial charge in [0.25, 0.3) is 0 Å². The SMILES string of the molecule is Cn1ccnc1C1CCCC[N-]1.[Ru+]. The molecule has 0 aliphatic carbocycles. The second-order valence-electron chi connectivity index (χ2n) is 3.31. The molecule has 0 amide bonds. The fourth-order valence-corrected chi connectivity index (χ4v) is 1.70. The van der Waals surface area contributed by atoms with Crippen molar-refractivity contribution in [3.63, 3.8) is 0 Å². The van der Waals surface area contributed by atoms with Crippen molar-refractivity contribution in [3.8, 4) is 0 Å². The molecule has 0 aromatic carbocycles. The largest absolute Gasteiger partial charge is 1.00 e. The number of hydrogen-bond donors (Lipinski definition) is 0. The van der Waals surface area contributed by atoms with Crippen molar-refractivity contribution in [2.24, 2.45) is 7.05 Å². The molecule has 1 saturated heterocycles. The van der Waals surface area contributed by atoms with Crippen molar-refractivity contribution in [2.45, 2.75) is 25.3 Å².